The smallest absolute Gasteiger partial charge is 0.259 e. The minimum atomic E-state index is -0.404. The van der Waals surface area contributed by atoms with E-state index in [4.69, 9.17) is 16.2 Å². The van der Waals surface area contributed by atoms with Crippen molar-refractivity contribution in [2.45, 2.75) is 18.1 Å². The third-order valence-corrected chi connectivity index (χ3v) is 6.23. The molecular formula is C15H14N4O2S2. The van der Waals surface area contributed by atoms with Crippen LogP contribution in [-0.4, -0.2) is 17.1 Å². The summed E-state index contributed by atoms with van der Waals surface area (Å²) >= 11 is 2.84. The van der Waals surface area contributed by atoms with Gasteiger partial charge < -0.3 is 16.2 Å². The van der Waals surface area contributed by atoms with Crippen molar-refractivity contribution < 1.29 is 9.53 Å². The number of aromatic nitrogens is 1. The molecule has 118 valence electrons. The van der Waals surface area contributed by atoms with Gasteiger partial charge in [0.1, 0.15) is 11.6 Å². The molecule has 4 rings (SSSR count). The van der Waals surface area contributed by atoms with Crippen molar-refractivity contribution in [3.05, 3.63) is 34.3 Å². The Bertz CT molecular complexity index is 801. The molecule has 0 aromatic carbocycles. The molecule has 2 unspecified atom stereocenters. The minimum Gasteiger partial charge on any atom is -0.445 e. The fourth-order valence-electron chi connectivity index (χ4n) is 2.96. The number of hydrogen-bond acceptors (Lipinski definition) is 7. The van der Waals surface area contributed by atoms with Crippen molar-refractivity contribution in [2.24, 2.45) is 16.0 Å². The monoisotopic (exact) mass is 346 g/mol. The highest BCUT2D eigenvalue weighted by Crippen LogP contribution is 2.54. The molecule has 1 amide bonds. The molecule has 0 saturated carbocycles. The molecule has 2 atom stereocenters. The standard InChI is InChI=1S/C15H14N4O2S2/c16-10-4-2-8(6-18-10)21-15-11-9(13(22-15)14(17)20)3-1-7-5-19-23-12(7)11/h2,4-7,12H,1,3H2,(H2,16,18)(H2,17,20). The van der Waals surface area contributed by atoms with E-state index < -0.39 is 5.91 Å². The van der Waals surface area contributed by atoms with Crippen molar-refractivity contribution in [1.29, 1.82) is 0 Å². The first-order chi connectivity index (χ1) is 11.1. The number of carbonyl (C=O) groups is 1. The topological polar surface area (TPSA) is 104 Å². The molecule has 3 heterocycles. The first-order valence-corrected chi connectivity index (χ1v) is 8.83. The molecule has 1 aliphatic carbocycles. The Labute approximate surface area is 141 Å². The van der Waals surface area contributed by atoms with E-state index in [-0.39, 0.29) is 5.25 Å². The second kappa shape index (κ2) is 5.54. The molecule has 23 heavy (non-hydrogen) atoms. The van der Waals surface area contributed by atoms with Crippen LogP contribution >= 0.6 is 23.3 Å². The number of nitrogen functional groups attached to an aromatic ring is 1. The van der Waals surface area contributed by atoms with E-state index in [1.165, 1.54) is 23.3 Å². The van der Waals surface area contributed by atoms with Crippen molar-refractivity contribution in [2.75, 3.05) is 5.73 Å². The lowest BCUT2D eigenvalue weighted by molar-refractivity contribution is 0.100. The average molecular weight is 346 g/mol. The maximum Gasteiger partial charge on any atom is 0.259 e. The second-order valence-corrected chi connectivity index (χ2v) is 7.39. The van der Waals surface area contributed by atoms with Gasteiger partial charge in [-0.25, -0.2) is 9.38 Å². The second-order valence-electron chi connectivity index (χ2n) is 5.48. The van der Waals surface area contributed by atoms with E-state index in [1.807, 2.05) is 6.21 Å². The third-order valence-electron chi connectivity index (χ3n) is 4.04. The minimum absolute atomic E-state index is 0.194. The van der Waals surface area contributed by atoms with Crippen LogP contribution in [0.1, 0.15) is 32.5 Å². The van der Waals surface area contributed by atoms with Gasteiger partial charge in [0.2, 0.25) is 0 Å². The first-order valence-electron chi connectivity index (χ1n) is 7.17. The summed E-state index contributed by atoms with van der Waals surface area (Å²) in [7, 11) is 0. The van der Waals surface area contributed by atoms with Crippen molar-refractivity contribution in [1.82, 2.24) is 4.98 Å². The number of rotatable bonds is 3. The SMILES string of the molecule is NC(=O)c1sc(Oc2ccc(N)nc2)c2c1CCC1C=NSC21. The predicted octanol–water partition coefficient (Wildman–Crippen LogP) is 2.95. The zero-order valence-corrected chi connectivity index (χ0v) is 13.7. The number of nitrogens with two attached hydrogens (primary N) is 2. The summed E-state index contributed by atoms with van der Waals surface area (Å²) in [6.07, 6.45) is 5.37. The van der Waals surface area contributed by atoms with Crippen LogP contribution in [0, 0.1) is 5.92 Å². The number of pyridine rings is 1. The summed E-state index contributed by atoms with van der Waals surface area (Å²) in [5, 5.41) is 0.896. The normalized spacial score (nSPS) is 21.7. The molecule has 2 aliphatic rings. The Morgan fingerprint density at radius 1 is 1.39 bits per heavy atom. The van der Waals surface area contributed by atoms with Crippen LogP contribution in [-0.2, 0) is 6.42 Å². The Hall–Kier alpha value is -2.06. The molecule has 2 aromatic rings. The van der Waals surface area contributed by atoms with E-state index in [9.17, 15) is 4.79 Å². The summed E-state index contributed by atoms with van der Waals surface area (Å²) in [6.45, 7) is 0. The number of carbonyl (C=O) groups excluding carboxylic acids is 1. The number of amides is 1. The molecular weight excluding hydrogens is 332 g/mol. The summed E-state index contributed by atoms with van der Waals surface area (Å²) in [4.78, 5) is 16.4. The largest absolute Gasteiger partial charge is 0.445 e. The van der Waals surface area contributed by atoms with Gasteiger partial charge in [-0.2, -0.15) is 0 Å². The fraction of sp³-hybridized carbons (Fsp3) is 0.267. The highest BCUT2D eigenvalue weighted by Gasteiger charge is 2.39. The molecule has 0 radical (unpaired) electrons. The quantitative estimate of drug-likeness (QED) is 0.832. The Morgan fingerprint density at radius 2 is 2.26 bits per heavy atom. The number of fused-ring (bicyclic) bond motifs is 3. The molecule has 0 fully saturated rings. The fourth-order valence-corrected chi connectivity index (χ4v) is 5.23. The zero-order valence-electron chi connectivity index (χ0n) is 12.1. The molecule has 4 N–H and O–H groups in total. The van der Waals surface area contributed by atoms with Crippen molar-refractivity contribution in [3.8, 4) is 10.8 Å². The molecule has 2 aromatic heterocycles. The summed E-state index contributed by atoms with van der Waals surface area (Å²) in [5.41, 5.74) is 13.2. The van der Waals surface area contributed by atoms with E-state index in [0.29, 0.717) is 27.4 Å². The van der Waals surface area contributed by atoms with E-state index in [1.54, 1.807) is 18.3 Å². The summed E-state index contributed by atoms with van der Waals surface area (Å²) in [5.74, 6) is 1.00. The number of ether oxygens (including phenoxy) is 1. The van der Waals surface area contributed by atoms with Gasteiger partial charge in [0.25, 0.3) is 5.91 Å². The molecule has 0 saturated heterocycles. The van der Waals surface area contributed by atoms with Crippen LogP contribution in [0.5, 0.6) is 10.8 Å². The van der Waals surface area contributed by atoms with E-state index in [2.05, 4.69) is 9.38 Å². The number of anilines is 1. The number of thiophene rings is 1. The van der Waals surface area contributed by atoms with Crippen LogP contribution in [0.2, 0.25) is 0 Å². The van der Waals surface area contributed by atoms with Gasteiger partial charge in [-0.05, 0) is 42.5 Å². The van der Waals surface area contributed by atoms with Gasteiger partial charge in [0, 0.05) is 17.7 Å². The van der Waals surface area contributed by atoms with Crippen LogP contribution in [0.15, 0.2) is 22.7 Å². The maximum absolute atomic E-state index is 11.8. The number of nitrogens with zero attached hydrogens (tertiary/aromatic N) is 2. The molecule has 1 aliphatic heterocycles. The summed E-state index contributed by atoms with van der Waals surface area (Å²) < 4.78 is 10.3. The third kappa shape index (κ3) is 2.47. The average Bonchev–Trinajstić information content (AvgIpc) is 3.13. The van der Waals surface area contributed by atoms with Gasteiger partial charge in [0.05, 0.1) is 16.3 Å². The Morgan fingerprint density at radius 3 is 3.00 bits per heavy atom. The zero-order chi connectivity index (χ0) is 16.0. The van der Waals surface area contributed by atoms with Crippen molar-refractivity contribution in [3.63, 3.8) is 0 Å². The van der Waals surface area contributed by atoms with Gasteiger partial charge in [-0.1, -0.05) is 11.3 Å². The molecule has 0 spiro atoms. The highest BCUT2D eigenvalue weighted by molar-refractivity contribution is 7.98. The van der Waals surface area contributed by atoms with Crippen LogP contribution in [0.3, 0.4) is 0 Å². The predicted molar refractivity (Wildman–Crippen MR) is 92.2 cm³/mol. The number of primary amides is 1. The number of hydrogen-bond donors (Lipinski definition) is 2. The molecule has 6 nitrogen and oxygen atoms in total. The lowest BCUT2D eigenvalue weighted by Gasteiger charge is -2.24. The highest BCUT2D eigenvalue weighted by atomic mass is 32.2. The lowest BCUT2D eigenvalue weighted by Crippen LogP contribution is -2.19. The Balaban J connectivity index is 1.77. The van der Waals surface area contributed by atoms with Gasteiger partial charge in [-0.15, -0.1) is 0 Å². The maximum atomic E-state index is 11.8. The van der Waals surface area contributed by atoms with Crippen LogP contribution in [0.4, 0.5) is 5.82 Å². The van der Waals surface area contributed by atoms with Crippen LogP contribution in [0.25, 0.3) is 0 Å². The van der Waals surface area contributed by atoms with E-state index >= 15 is 0 Å². The van der Waals surface area contributed by atoms with E-state index in [0.717, 1.165) is 24.0 Å². The van der Waals surface area contributed by atoms with Gasteiger partial charge >= 0.3 is 0 Å². The van der Waals surface area contributed by atoms with Crippen molar-refractivity contribution >= 4 is 41.2 Å². The lowest BCUT2D eigenvalue weighted by atomic mass is 9.85. The summed E-state index contributed by atoms with van der Waals surface area (Å²) in [6, 6.07) is 3.44. The molecule has 8 heteroatoms. The first kappa shape index (κ1) is 14.5. The van der Waals surface area contributed by atoms with Gasteiger partial charge in [-0.3, -0.25) is 4.79 Å². The van der Waals surface area contributed by atoms with Crippen LogP contribution < -0.4 is 16.2 Å². The van der Waals surface area contributed by atoms with Gasteiger partial charge in [0.15, 0.2) is 5.06 Å². The Kier molecular flexibility index (Phi) is 3.50. The molecule has 0 bridgehead atoms.